The third-order valence-corrected chi connectivity index (χ3v) is 5.91. The number of benzene rings is 1. The van der Waals surface area contributed by atoms with E-state index in [9.17, 15) is 8.42 Å². The molecule has 1 aromatic heterocycles. The van der Waals surface area contributed by atoms with Crippen molar-refractivity contribution in [1.82, 2.24) is 9.29 Å². The Morgan fingerprint density at radius 1 is 1.23 bits per heavy atom. The zero-order valence-electron chi connectivity index (χ0n) is 12.9. The molecule has 1 aromatic carbocycles. The standard InChI is InChI=1S/C17H20N2O2S/c1-13-5-6-14(2)15(10-13)12-19(16-7-8-16)22(20,21)17-4-3-9-18-11-17/h3-6,9-11,16H,7-8,12H2,1-2H3. The number of pyridine rings is 1. The minimum atomic E-state index is -3.49. The van der Waals surface area contributed by atoms with Crippen molar-refractivity contribution < 1.29 is 8.42 Å². The van der Waals surface area contributed by atoms with Crippen LogP contribution in [-0.4, -0.2) is 23.7 Å². The van der Waals surface area contributed by atoms with Gasteiger partial charge in [0.2, 0.25) is 10.0 Å². The van der Waals surface area contributed by atoms with Crippen LogP contribution < -0.4 is 0 Å². The van der Waals surface area contributed by atoms with Crippen LogP contribution in [0.1, 0.15) is 29.5 Å². The Morgan fingerprint density at radius 3 is 2.64 bits per heavy atom. The van der Waals surface area contributed by atoms with E-state index >= 15 is 0 Å². The zero-order chi connectivity index (χ0) is 15.7. The van der Waals surface area contributed by atoms with Crippen LogP contribution in [0, 0.1) is 13.8 Å². The number of nitrogens with zero attached hydrogens (tertiary/aromatic N) is 2. The average Bonchev–Trinajstić information content (AvgIpc) is 3.33. The van der Waals surface area contributed by atoms with Crippen LogP contribution >= 0.6 is 0 Å². The molecule has 0 unspecified atom stereocenters. The fourth-order valence-electron chi connectivity index (χ4n) is 2.55. The highest BCUT2D eigenvalue weighted by atomic mass is 32.2. The molecule has 0 aliphatic heterocycles. The Balaban J connectivity index is 1.96. The number of rotatable bonds is 5. The summed E-state index contributed by atoms with van der Waals surface area (Å²) in [4.78, 5) is 4.22. The number of sulfonamides is 1. The summed E-state index contributed by atoms with van der Waals surface area (Å²) in [6.45, 7) is 4.48. The molecule has 2 aromatic rings. The van der Waals surface area contributed by atoms with Gasteiger partial charge in [0, 0.05) is 25.0 Å². The minimum absolute atomic E-state index is 0.116. The molecule has 0 bridgehead atoms. The first kappa shape index (κ1) is 15.2. The Hall–Kier alpha value is -1.72. The van der Waals surface area contributed by atoms with Gasteiger partial charge in [-0.2, -0.15) is 4.31 Å². The van der Waals surface area contributed by atoms with Crippen LogP contribution in [0.4, 0.5) is 0 Å². The summed E-state index contributed by atoms with van der Waals surface area (Å²) in [7, 11) is -3.49. The molecule has 1 aliphatic rings. The molecule has 4 nitrogen and oxygen atoms in total. The highest BCUT2D eigenvalue weighted by Gasteiger charge is 2.38. The van der Waals surface area contributed by atoms with Gasteiger partial charge in [0.25, 0.3) is 0 Å². The molecule has 116 valence electrons. The van der Waals surface area contributed by atoms with Crippen molar-refractivity contribution in [1.29, 1.82) is 0 Å². The molecular weight excluding hydrogens is 296 g/mol. The lowest BCUT2D eigenvalue weighted by atomic mass is 10.1. The summed E-state index contributed by atoms with van der Waals surface area (Å²) in [5.41, 5.74) is 3.34. The van der Waals surface area contributed by atoms with Gasteiger partial charge in [-0.1, -0.05) is 23.8 Å². The summed E-state index contributed by atoms with van der Waals surface area (Å²) < 4.78 is 27.4. The molecule has 1 aliphatic carbocycles. The van der Waals surface area contributed by atoms with E-state index in [0.29, 0.717) is 6.54 Å². The lowest BCUT2D eigenvalue weighted by Gasteiger charge is -2.23. The molecule has 0 amide bonds. The maximum absolute atomic E-state index is 12.9. The smallest absolute Gasteiger partial charge is 0.245 e. The van der Waals surface area contributed by atoms with Gasteiger partial charge in [-0.15, -0.1) is 0 Å². The molecule has 0 atom stereocenters. The van der Waals surface area contributed by atoms with Gasteiger partial charge in [-0.05, 0) is 49.9 Å². The first-order valence-electron chi connectivity index (χ1n) is 7.46. The van der Waals surface area contributed by atoms with Crippen molar-refractivity contribution in [3.63, 3.8) is 0 Å². The molecule has 1 fully saturated rings. The minimum Gasteiger partial charge on any atom is -0.263 e. The molecule has 0 spiro atoms. The molecule has 3 rings (SSSR count). The fraction of sp³-hybridized carbons (Fsp3) is 0.353. The monoisotopic (exact) mass is 316 g/mol. The summed E-state index contributed by atoms with van der Waals surface area (Å²) >= 11 is 0. The van der Waals surface area contributed by atoms with Crippen molar-refractivity contribution in [3.8, 4) is 0 Å². The molecular formula is C17H20N2O2S. The topological polar surface area (TPSA) is 50.3 Å². The quantitative estimate of drug-likeness (QED) is 0.852. The summed E-state index contributed by atoms with van der Waals surface area (Å²) in [5, 5.41) is 0. The van der Waals surface area contributed by atoms with Crippen LogP contribution in [-0.2, 0) is 16.6 Å². The van der Waals surface area contributed by atoms with Crippen LogP contribution in [0.15, 0.2) is 47.6 Å². The summed E-state index contributed by atoms with van der Waals surface area (Å²) in [5.74, 6) is 0. The Bertz CT molecular complexity index is 769. The third kappa shape index (κ3) is 3.05. The van der Waals surface area contributed by atoms with E-state index in [1.807, 2.05) is 19.9 Å². The maximum atomic E-state index is 12.9. The normalized spacial score (nSPS) is 15.2. The van der Waals surface area contributed by atoms with Gasteiger partial charge in [-0.3, -0.25) is 4.98 Å². The van der Waals surface area contributed by atoms with Gasteiger partial charge in [0.1, 0.15) is 4.90 Å². The maximum Gasteiger partial charge on any atom is 0.245 e. The predicted octanol–water partition coefficient (Wildman–Crippen LogP) is 3.05. The predicted molar refractivity (Wildman–Crippen MR) is 85.9 cm³/mol. The van der Waals surface area contributed by atoms with E-state index < -0.39 is 10.0 Å². The second-order valence-corrected chi connectivity index (χ2v) is 7.79. The molecule has 0 saturated heterocycles. The SMILES string of the molecule is Cc1ccc(C)c(CN(C2CC2)S(=O)(=O)c2cccnc2)c1. The molecule has 1 heterocycles. The van der Waals surface area contributed by atoms with Crippen LogP contribution in [0.25, 0.3) is 0 Å². The van der Waals surface area contributed by atoms with E-state index in [1.54, 1.807) is 22.6 Å². The highest BCUT2D eigenvalue weighted by Crippen LogP contribution is 2.33. The van der Waals surface area contributed by atoms with Gasteiger partial charge >= 0.3 is 0 Å². The van der Waals surface area contributed by atoms with E-state index in [2.05, 4.69) is 17.1 Å². The van der Waals surface area contributed by atoms with E-state index in [0.717, 1.165) is 29.5 Å². The van der Waals surface area contributed by atoms with Gasteiger partial charge < -0.3 is 0 Å². The van der Waals surface area contributed by atoms with E-state index in [1.165, 1.54) is 6.20 Å². The van der Waals surface area contributed by atoms with Gasteiger partial charge in [0.05, 0.1) is 0 Å². The first-order valence-corrected chi connectivity index (χ1v) is 8.90. The average molecular weight is 316 g/mol. The van der Waals surface area contributed by atoms with Crippen molar-refractivity contribution in [2.75, 3.05) is 0 Å². The Morgan fingerprint density at radius 2 is 2.00 bits per heavy atom. The van der Waals surface area contributed by atoms with Crippen molar-refractivity contribution in [2.24, 2.45) is 0 Å². The summed E-state index contributed by atoms with van der Waals surface area (Å²) in [6.07, 6.45) is 4.88. The van der Waals surface area contributed by atoms with Crippen LogP contribution in [0.3, 0.4) is 0 Å². The van der Waals surface area contributed by atoms with Crippen molar-refractivity contribution >= 4 is 10.0 Å². The largest absolute Gasteiger partial charge is 0.263 e. The molecule has 1 saturated carbocycles. The summed E-state index contributed by atoms with van der Waals surface area (Å²) in [6, 6.07) is 9.56. The third-order valence-electron chi connectivity index (χ3n) is 4.03. The molecule has 0 N–H and O–H groups in total. The fourth-order valence-corrected chi connectivity index (χ4v) is 4.17. The van der Waals surface area contributed by atoms with Crippen molar-refractivity contribution in [2.45, 2.75) is 44.2 Å². The second kappa shape index (κ2) is 5.82. The highest BCUT2D eigenvalue weighted by molar-refractivity contribution is 7.89. The molecule has 5 heteroatoms. The van der Waals surface area contributed by atoms with Gasteiger partial charge in [-0.25, -0.2) is 8.42 Å². The van der Waals surface area contributed by atoms with Crippen molar-refractivity contribution in [3.05, 3.63) is 59.4 Å². The first-order chi connectivity index (χ1) is 10.5. The molecule has 22 heavy (non-hydrogen) atoms. The van der Waals surface area contributed by atoms with Crippen LogP contribution in [0.2, 0.25) is 0 Å². The van der Waals surface area contributed by atoms with E-state index in [4.69, 9.17) is 0 Å². The second-order valence-electron chi connectivity index (χ2n) is 5.90. The molecule has 0 radical (unpaired) electrons. The Labute approximate surface area is 131 Å². The number of hydrogen-bond acceptors (Lipinski definition) is 3. The van der Waals surface area contributed by atoms with Crippen LogP contribution in [0.5, 0.6) is 0 Å². The Kier molecular flexibility index (Phi) is 4.02. The van der Waals surface area contributed by atoms with Gasteiger partial charge in [0.15, 0.2) is 0 Å². The number of aromatic nitrogens is 1. The lowest BCUT2D eigenvalue weighted by molar-refractivity contribution is 0.397. The zero-order valence-corrected chi connectivity index (χ0v) is 13.7. The lowest BCUT2D eigenvalue weighted by Crippen LogP contribution is -2.33. The van der Waals surface area contributed by atoms with E-state index in [-0.39, 0.29) is 10.9 Å². The number of hydrogen-bond donors (Lipinski definition) is 0. The number of aryl methyl sites for hydroxylation is 2.